The van der Waals surface area contributed by atoms with E-state index in [2.05, 4.69) is 55.6 Å². The third-order valence-electron chi connectivity index (χ3n) is 5.57. The van der Waals surface area contributed by atoms with Crippen LogP contribution in [0.15, 0.2) is 42.5 Å². The maximum Gasteiger partial charge on any atom is 0.103 e. The van der Waals surface area contributed by atoms with Crippen LogP contribution < -0.4 is 5.73 Å². The zero-order chi connectivity index (χ0) is 19.1. The van der Waals surface area contributed by atoms with Gasteiger partial charge >= 0.3 is 0 Å². The lowest BCUT2D eigenvalue weighted by atomic mass is 9.93. The second-order valence-electron chi connectivity index (χ2n) is 7.65. The molecule has 146 valence electrons. The molecule has 0 bridgehead atoms. The molecule has 2 aromatic rings. The molecule has 0 aliphatic carbocycles. The quantitative estimate of drug-likeness (QED) is 0.585. The highest BCUT2D eigenvalue weighted by Crippen LogP contribution is 2.35. The molecule has 0 spiro atoms. The highest BCUT2D eigenvalue weighted by atomic mass is 32.2. The number of ether oxygens (including phenoxy) is 1. The van der Waals surface area contributed by atoms with Crippen LogP contribution in [0.1, 0.15) is 66.0 Å². The first-order valence-electron chi connectivity index (χ1n) is 10.2. The lowest BCUT2D eigenvalue weighted by molar-refractivity contribution is -0.00495. The number of hydrogen-bond acceptors (Lipinski definition) is 3. The minimum Gasteiger partial charge on any atom is -0.360 e. The molecular formula is C24H33NOS. The predicted octanol–water partition coefficient (Wildman–Crippen LogP) is 5.80. The van der Waals surface area contributed by atoms with Crippen molar-refractivity contribution < 1.29 is 4.74 Å². The summed E-state index contributed by atoms with van der Waals surface area (Å²) < 4.78 is 6.28. The van der Waals surface area contributed by atoms with E-state index in [9.17, 15) is 0 Å². The van der Waals surface area contributed by atoms with E-state index in [-0.39, 0.29) is 6.10 Å². The van der Waals surface area contributed by atoms with E-state index in [1.54, 1.807) is 0 Å². The fraction of sp³-hybridized carbons (Fsp3) is 0.500. The maximum absolute atomic E-state index is 6.28. The van der Waals surface area contributed by atoms with E-state index >= 15 is 0 Å². The van der Waals surface area contributed by atoms with Gasteiger partial charge in [0.1, 0.15) is 5.44 Å². The van der Waals surface area contributed by atoms with Crippen molar-refractivity contribution in [1.29, 1.82) is 0 Å². The van der Waals surface area contributed by atoms with Crippen molar-refractivity contribution in [2.45, 2.75) is 63.4 Å². The van der Waals surface area contributed by atoms with E-state index in [4.69, 9.17) is 10.5 Å². The second-order valence-corrected chi connectivity index (χ2v) is 8.64. The molecule has 3 rings (SSSR count). The Bertz CT molecular complexity index is 713. The summed E-state index contributed by atoms with van der Waals surface area (Å²) in [7, 11) is 0. The molecule has 1 aliphatic heterocycles. The minimum absolute atomic E-state index is 0.250. The molecule has 0 unspecified atom stereocenters. The lowest BCUT2D eigenvalue weighted by Crippen LogP contribution is -2.19. The SMILES string of the molecule is CS[C@@H]1CCC[C@@H](c2ccc(C)c(Cc3ccc(CCCCN)cc3)c2)O1. The molecule has 0 radical (unpaired) electrons. The van der Waals surface area contributed by atoms with Crippen LogP contribution in [0.2, 0.25) is 0 Å². The predicted molar refractivity (Wildman–Crippen MR) is 117 cm³/mol. The van der Waals surface area contributed by atoms with Gasteiger partial charge in [0.05, 0.1) is 6.10 Å². The summed E-state index contributed by atoms with van der Waals surface area (Å²) >= 11 is 1.83. The van der Waals surface area contributed by atoms with Gasteiger partial charge in [-0.15, -0.1) is 11.8 Å². The monoisotopic (exact) mass is 383 g/mol. The summed E-state index contributed by atoms with van der Waals surface area (Å²) in [6.45, 7) is 3.00. The van der Waals surface area contributed by atoms with E-state index in [1.165, 1.54) is 47.1 Å². The van der Waals surface area contributed by atoms with Crippen molar-refractivity contribution in [2.24, 2.45) is 5.73 Å². The highest BCUT2D eigenvalue weighted by molar-refractivity contribution is 7.99. The van der Waals surface area contributed by atoms with Gasteiger partial charge < -0.3 is 10.5 Å². The third kappa shape index (κ3) is 5.84. The zero-order valence-corrected chi connectivity index (χ0v) is 17.6. The maximum atomic E-state index is 6.28. The number of thioether (sulfide) groups is 1. The average molecular weight is 384 g/mol. The third-order valence-corrected chi connectivity index (χ3v) is 6.44. The van der Waals surface area contributed by atoms with Gasteiger partial charge in [-0.25, -0.2) is 0 Å². The number of unbranched alkanes of at least 4 members (excludes halogenated alkanes) is 1. The van der Waals surface area contributed by atoms with Gasteiger partial charge in [-0.1, -0.05) is 42.5 Å². The Morgan fingerprint density at radius 3 is 2.56 bits per heavy atom. The molecule has 1 heterocycles. The summed E-state index contributed by atoms with van der Waals surface area (Å²) in [6.07, 6.45) is 10.4. The molecule has 2 nitrogen and oxygen atoms in total. The van der Waals surface area contributed by atoms with Gasteiger partial charge in [0, 0.05) is 0 Å². The van der Waals surface area contributed by atoms with E-state index < -0.39 is 0 Å². The highest BCUT2D eigenvalue weighted by Gasteiger charge is 2.23. The molecule has 3 heteroatoms. The fourth-order valence-corrected chi connectivity index (χ4v) is 4.45. The molecule has 0 amide bonds. The summed E-state index contributed by atoms with van der Waals surface area (Å²) in [4.78, 5) is 0. The first-order chi connectivity index (χ1) is 13.2. The molecule has 2 aromatic carbocycles. The van der Waals surface area contributed by atoms with Gasteiger partial charge in [-0.2, -0.15) is 0 Å². The average Bonchev–Trinajstić information content (AvgIpc) is 2.71. The Morgan fingerprint density at radius 2 is 1.81 bits per heavy atom. The molecule has 2 atom stereocenters. The number of benzene rings is 2. The number of rotatable bonds is 8. The van der Waals surface area contributed by atoms with Gasteiger partial charge in [0.15, 0.2) is 0 Å². The molecule has 1 saturated heterocycles. The van der Waals surface area contributed by atoms with Gasteiger partial charge in [0.25, 0.3) is 0 Å². The Hall–Kier alpha value is -1.29. The first kappa shape index (κ1) is 20.4. The normalized spacial score (nSPS) is 20.0. The van der Waals surface area contributed by atoms with Crippen LogP contribution in [0, 0.1) is 6.92 Å². The van der Waals surface area contributed by atoms with Crippen molar-refractivity contribution in [2.75, 3.05) is 12.8 Å². The van der Waals surface area contributed by atoms with E-state index in [0.29, 0.717) is 5.44 Å². The topological polar surface area (TPSA) is 35.2 Å². The Balaban J connectivity index is 1.67. The number of nitrogens with two attached hydrogens (primary N) is 1. The van der Waals surface area contributed by atoms with Gasteiger partial charge in [0.2, 0.25) is 0 Å². The molecule has 1 aliphatic rings. The molecule has 2 N–H and O–H groups in total. The molecule has 0 aromatic heterocycles. The van der Waals surface area contributed by atoms with Crippen LogP contribution in [0.5, 0.6) is 0 Å². The summed E-state index contributed by atoms with van der Waals surface area (Å²) in [6, 6.07) is 16.0. The molecular weight excluding hydrogens is 350 g/mol. The van der Waals surface area contributed by atoms with E-state index in [1.807, 2.05) is 11.8 Å². The minimum atomic E-state index is 0.250. The summed E-state index contributed by atoms with van der Waals surface area (Å²) in [5, 5.41) is 0. The van der Waals surface area contributed by atoms with Crippen LogP contribution in [0.4, 0.5) is 0 Å². The standard InChI is InChI=1S/C24H33NOS/c1-18-9-14-21(23-7-5-8-24(26-23)27-2)17-22(18)16-20-12-10-19(11-13-20)6-3-4-15-25/h9-14,17,23-24H,3-8,15-16,25H2,1-2H3/t23-,24+/m0/s1. The van der Waals surface area contributed by atoms with Crippen LogP contribution in [-0.2, 0) is 17.6 Å². The second kappa shape index (κ2) is 10.3. The van der Waals surface area contributed by atoms with E-state index in [0.717, 1.165) is 32.2 Å². The van der Waals surface area contributed by atoms with Crippen molar-refractivity contribution in [3.05, 3.63) is 70.3 Å². The van der Waals surface area contributed by atoms with Crippen molar-refractivity contribution >= 4 is 11.8 Å². The van der Waals surface area contributed by atoms with Gasteiger partial charge in [-0.3, -0.25) is 0 Å². The summed E-state index contributed by atoms with van der Waals surface area (Å²) in [5.74, 6) is 0. The van der Waals surface area contributed by atoms with Crippen LogP contribution in [0.3, 0.4) is 0 Å². The zero-order valence-electron chi connectivity index (χ0n) is 16.7. The molecule has 0 saturated carbocycles. The number of aryl methyl sites for hydroxylation is 2. The largest absolute Gasteiger partial charge is 0.360 e. The van der Waals surface area contributed by atoms with Crippen LogP contribution in [0.25, 0.3) is 0 Å². The van der Waals surface area contributed by atoms with Crippen LogP contribution in [-0.4, -0.2) is 18.2 Å². The molecule has 27 heavy (non-hydrogen) atoms. The smallest absolute Gasteiger partial charge is 0.103 e. The number of hydrogen-bond donors (Lipinski definition) is 1. The van der Waals surface area contributed by atoms with Crippen molar-refractivity contribution in [3.63, 3.8) is 0 Å². The Labute approximate surface area is 168 Å². The van der Waals surface area contributed by atoms with Crippen molar-refractivity contribution in [3.8, 4) is 0 Å². The van der Waals surface area contributed by atoms with Crippen LogP contribution >= 0.6 is 11.8 Å². The first-order valence-corrected chi connectivity index (χ1v) is 11.5. The summed E-state index contributed by atoms with van der Waals surface area (Å²) in [5.41, 5.74) is 12.8. The van der Waals surface area contributed by atoms with Gasteiger partial charge in [-0.05, 0) is 92.5 Å². The Kier molecular flexibility index (Phi) is 7.81. The Morgan fingerprint density at radius 1 is 1.04 bits per heavy atom. The lowest BCUT2D eigenvalue weighted by Gasteiger charge is -2.29. The molecule has 1 fully saturated rings. The fourth-order valence-electron chi connectivity index (χ4n) is 3.81. The van der Waals surface area contributed by atoms with Crippen molar-refractivity contribution in [1.82, 2.24) is 0 Å².